The quantitative estimate of drug-likeness (QED) is 0.208. The van der Waals surface area contributed by atoms with Crippen LogP contribution in [0.25, 0.3) is 22.4 Å². The summed E-state index contributed by atoms with van der Waals surface area (Å²) >= 11 is 1.25. The highest BCUT2D eigenvalue weighted by Crippen LogP contribution is 2.36. The van der Waals surface area contributed by atoms with E-state index in [2.05, 4.69) is 11.4 Å². The maximum atomic E-state index is 14.1. The van der Waals surface area contributed by atoms with Crippen LogP contribution in [0.5, 0.6) is 11.5 Å². The number of nitrogens with zero attached hydrogens (tertiary/aromatic N) is 2. The van der Waals surface area contributed by atoms with Crippen LogP contribution in [0.4, 0.5) is 4.39 Å². The van der Waals surface area contributed by atoms with E-state index in [4.69, 9.17) is 14.5 Å². The van der Waals surface area contributed by atoms with Crippen molar-refractivity contribution in [3.63, 3.8) is 0 Å². The molecule has 40 heavy (non-hydrogen) atoms. The lowest BCUT2D eigenvalue weighted by atomic mass is 9.99. The second-order valence-electron chi connectivity index (χ2n) is 8.97. The molecule has 1 aromatic heterocycles. The van der Waals surface area contributed by atoms with Crippen molar-refractivity contribution in [2.24, 2.45) is 0 Å². The van der Waals surface area contributed by atoms with E-state index in [0.717, 1.165) is 11.1 Å². The number of benzene rings is 3. The molecule has 3 aromatic carbocycles. The van der Waals surface area contributed by atoms with Crippen LogP contribution in [0.15, 0.2) is 83.9 Å². The number of hydrogen-bond donors (Lipinski definition) is 1. The molecule has 1 heterocycles. The standard InChI is InChI=1S/C32H30FN3O3S/c1-4-30(31(37)35-16-15-21-13-14-28(38-2)29(17-21)39-3)40-32-26(20-34)25(23-11-8-12-24(33)18-23)19-27(36-32)22-9-6-5-7-10-22/h5-14,17-19,30H,4,15-16H2,1-3H3,(H,35,37). The van der Waals surface area contributed by atoms with Crippen LogP contribution in [0.2, 0.25) is 0 Å². The summed E-state index contributed by atoms with van der Waals surface area (Å²) in [5, 5.41) is 13.1. The first-order valence-corrected chi connectivity index (χ1v) is 13.8. The number of halogens is 1. The minimum Gasteiger partial charge on any atom is -0.493 e. The second-order valence-corrected chi connectivity index (χ2v) is 10.2. The number of nitriles is 1. The SMILES string of the molecule is CCC(Sc1nc(-c2ccccc2)cc(-c2cccc(F)c2)c1C#N)C(=O)NCCc1ccc(OC)c(OC)c1. The molecule has 0 saturated carbocycles. The summed E-state index contributed by atoms with van der Waals surface area (Å²) in [5.74, 6) is 0.745. The second kappa shape index (κ2) is 13.6. The molecule has 1 amide bonds. The highest BCUT2D eigenvalue weighted by molar-refractivity contribution is 8.00. The van der Waals surface area contributed by atoms with Gasteiger partial charge in [0.25, 0.3) is 0 Å². The lowest BCUT2D eigenvalue weighted by Gasteiger charge is -2.18. The van der Waals surface area contributed by atoms with Crippen molar-refractivity contribution in [1.82, 2.24) is 10.3 Å². The van der Waals surface area contributed by atoms with Crippen molar-refractivity contribution in [2.45, 2.75) is 30.0 Å². The van der Waals surface area contributed by atoms with Gasteiger partial charge in [0.1, 0.15) is 16.9 Å². The summed E-state index contributed by atoms with van der Waals surface area (Å²) < 4.78 is 24.8. The lowest BCUT2D eigenvalue weighted by Crippen LogP contribution is -2.33. The number of thioether (sulfide) groups is 1. The molecular weight excluding hydrogens is 525 g/mol. The summed E-state index contributed by atoms with van der Waals surface area (Å²) in [6.07, 6.45) is 1.15. The molecule has 0 fully saturated rings. The number of nitrogens with one attached hydrogen (secondary N) is 1. The fourth-order valence-corrected chi connectivity index (χ4v) is 5.34. The summed E-state index contributed by atoms with van der Waals surface area (Å²) in [4.78, 5) is 18.0. The highest BCUT2D eigenvalue weighted by atomic mass is 32.2. The molecule has 204 valence electrons. The van der Waals surface area contributed by atoms with Gasteiger partial charge in [-0.15, -0.1) is 0 Å². The van der Waals surface area contributed by atoms with Gasteiger partial charge in [0, 0.05) is 17.7 Å². The zero-order valence-electron chi connectivity index (χ0n) is 22.6. The van der Waals surface area contributed by atoms with Crippen LogP contribution in [-0.2, 0) is 11.2 Å². The molecule has 4 aromatic rings. The first-order chi connectivity index (χ1) is 19.5. The Morgan fingerprint density at radius 1 is 1.00 bits per heavy atom. The molecule has 4 rings (SSSR count). The van der Waals surface area contributed by atoms with Crippen LogP contribution in [0.1, 0.15) is 24.5 Å². The van der Waals surface area contributed by atoms with Crippen molar-refractivity contribution in [3.8, 4) is 40.0 Å². The van der Waals surface area contributed by atoms with Gasteiger partial charge in [0.05, 0.1) is 30.7 Å². The average Bonchev–Trinajstić information content (AvgIpc) is 2.99. The maximum Gasteiger partial charge on any atom is 0.233 e. The van der Waals surface area contributed by atoms with Gasteiger partial charge in [-0.05, 0) is 54.3 Å². The van der Waals surface area contributed by atoms with Gasteiger partial charge in [-0.25, -0.2) is 9.37 Å². The predicted octanol–water partition coefficient (Wildman–Crippen LogP) is 6.67. The van der Waals surface area contributed by atoms with Crippen LogP contribution >= 0.6 is 11.8 Å². The number of aromatic nitrogens is 1. The molecule has 1 atom stereocenters. The van der Waals surface area contributed by atoms with E-state index >= 15 is 0 Å². The number of rotatable bonds is 11. The van der Waals surface area contributed by atoms with Crippen molar-refractivity contribution < 1.29 is 18.7 Å². The number of ether oxygens (including phenoxy) is 2. The van der Waals surface area contributed by atoms with Gasteiger partial charge < -0.3 is 14.8 Å². The smallest absolute Gasteiger partial charge is 0.233 e. The average molecular weight is 556 g/mol. The van der Waals surface area contributed by atoms with Gasteiger partial charge in [-0.1, -0.05) is 67.2 Å². The first-order valence-electron chi connectivity index (χ1n) is 12.9. The van der Waals surface area contributed by atoms with E-state index in [0.29, 0.717) is 58.3 Å². The molecule has 8 heteroatoms. The van der Waals surface area contributed by atoms with Crippen LogP contribution in [-0.4, -0.2) is 36.9 Å². The summed E-state index contributed by atoms with van der Waals surface area (Å²) in [7, 11) is 3.17. The third kappa shape index (κ3) is 6.80. The van der Waals surface area contributed by atoms with Crippen LogP contribution in [0, 0.1) is 17.1 Å². The zero-order chi connectivity index (χ0) is 28.5. The number of methoxy groups -OCH3 is 2. The first kappa shape index (κ1) is 28.7. The molecule has 6 nitrogen and oxygen atoms in total. The largest absolute Gasteiger partial charge is 0.493 e. The summed E-state index contributed by atoms with van der Waals surface area (Å²) in [5.41, 5.74) is 3.96. The number of carbonyl (C=O) groups is 1. The minimum atomic E-state index is -0.476. The Morgan fingerprint density at radius 2 is 1.75 bits per heavy atom. The Labute approximate surface area is 238 Å². The third-order valence-corrected chi connectivity index (χ3v) is 7.73. The topological polar surface area (TPSA) is 84.2 Å². The Hall–Kier alpha value is -4.35. The molecule has 1 N–H and O–H groups in total. The molecule has 0 radical (unpaired) electrons. The Morgan fingerprint density at radius 3 is 2.42 bits per heavy atom. The van der Waals surface area contributed by atoms with Crippen molar-refractivity contribution in [2.75, 3.05) is 20.8 Å². The van der Waals surface area contributed by atoms with E-state index in [1.807, 2.05) is 55.5 Å². The van der Waals surface area contributed by atoms with E-state index in [9.17, 15) is 14.4 Å². The number of carbonyl (C=O) groups excluding carboxylic acids is 1. The fraction of sp³-hybridized carbons (Fsp3) is 0.219. The number of pyridine rings is 1. The summed E-state index contributed by atoms with van der Waals surface area (Å²) in [6.45, 7) is 2.36. The van der Waals surface area contributed by atoms with E-state index in [1.165, 1.54) is 23.9 Å². The van der Waals surface area contributed by atoms with E-state index in [1.54, 1.807) is 32.4 Å². The molecular formula is C32H30FN3O3S. The van der Waals surface area contributed by atoms with Crippen molar-refractivity contribution in [3.05, 3.63) is 95.8 Å². The van der Waals surface area contributed by atoms with Gasteiger partial charge in [-0.2, -0.15) is 5.26 Å². The van der Waals surface area contributed by atoms with Gasteiger partial charge in [-0.3, -0.25) is 4.79 Å². The van der Waals surface area contributed by atoms with Crippen LogP contribution in [0.3, 0.4) is 0 Å². The van der Waals surface area contributed by atoms with Crippen LogP contribution < -0.4 is 14.8 Å². The van der Waals surface area contributed by atoms with Gasteiger partial charge in [0.15, 0.2) is 11.5 Å². The molecule has 1 unspecified atom stereocenters. The molecule has 0 spiro atoms. The molecule has 0 aliphatic heterocycles. The van der Waals surface area contributed by atoms with Crippen molar-refractivity contribution in [1.29, 1.82) is 5.26 Å². The normalized spacial score (nSPS) is 11.4. The Kier molecular flexibility index (Phi) is 9.76. The summed E-state index contributed by atoms with van der Waals surface area (Å²) in [6, 6.07) is 25.4. The molecule has 0 aliphatic carbocycles. The predicted molar refractivity (Wildman–Crippen MR) is 156 cm³/mol. The minimum absolute atomic E-state index is 0.143. The highest BCUT2D eigenvalue weighted by Gasteiger charge is 2.23. The fourth-order valence-electron chi connectivity index (χ4n) is 4.29. The molecule has 0 aliphatic rings. The Bertz CT molecular complexity index is 1520. The van der Waals surface area contributed by atoms with Crippen molar-refractivity contribution >= 4 is 17.7 Å². The van der Waals surface area contributed by atoms with Gasteiger partial charge in [0.2, 0.25) is 5.91 Å². The molecule has 0 saturated heterocycles. The monoisotopic (exact) mass is 555 g/mol. The zero-order valence-corrected chi connectivity index (χ0v) is 23.4. The van der Waals surface area contributed by atoms with Gasteiger partial charge >= 0.3 is 0 Å². The lowest BCUT2D eigenvalue weighted by molar-refractivity contribution is -0.120. The number of amides is 1. The van der Waals surface area contributed by atoms with E-state index < -0.39 is 11.1 Å². The molecule has 0 bridgehead atoms. The number of hydrogen-bond acceptors (Lipinski definition) is 6. The maximum absolute atomic E-state index is 14.1. The van der Waals surface area contributed by atoms with E-state index in [-0.39, 0.29) is 5.91 Å². The third-order valence-electron chi connectivity index (χ3n) is 6.38. The Balaban J connectivity index is 1.58.